The quantitative estimate of drug-likeness (QED) is 0.231. The van der Waals surface area contributed by atoms with Crippen molar-refractivity contribution in [2.45, 2.75) is 13.8 Å². The molecule has 0 aliphatic rings. The minimum Gasteiger partial charge on any atom is -0.344 e. The summed E-state index contributed by atoms with van der Waals surface area (Å²) in [7, 11) is 2.15. The Hall–Kier alpha value is -4.82. The summed E-state index contributed by atoms with van der Waals surface area (Å²) < 4.78 is 2.29. The number of para-hydroxylation sites is 2. The molecule has 0 bridgehead atoms. The predicted molar refractivity (Wildman–Crippen MR) is 169 cm³/mol. The first-order chi connectivity index (χ1) is 19.3. The molecule has 190 valence electrons. The van der Waals surface area contributed by atoms with Gasteiger partial charge in [-0.15, -0.1) is 0 Å². The molecule has 0 saturated carbocycles. The molecule has 2 nitrogen and oxygen atoms in total. The molecule has 0 atom stereocenters. The van der Waals surface area contributed by atoms with Gasteiger partial charge in [0.15, 0.2) is 0 Å². The second kappa shape index (κ2) is 10.5. The number of aryl methyl sites for hydroxylation is 1. The lowest BCUT2D eigenvalue weighted by atomic mass is 10.0. The average molecular weight is 505 g/mol. The third-order valence-electron chi connectivity index (χ3n) is 7.38. The summed E-state index contributed by atoms with van der Waals surface area (Å²) in [5.74, 6) is 0. The van der Waals surface area contributed by atoms with E-state index in [2.05, 4.69) is 156 Å². The molecule has 0 spiro atoms. The molecule has 0 N–H and O–H groups in total. The molecule has 0 aliphatic carbocycles. The lowest BCUT2D eigenvalue weighted by Gasteiger charge is -2.26. The first kappa shape index (κ1) is 24.5. The summed E-state index contributed by atoms with van der Waals surface area (Å²) >= 11 is 0. The second-order valence-electron chi connectivity index (χ2n) is 9.56. The molecule has 0 aliphatic heterocycles. The van der Waals surface area contributed by atoms with Gasteiger partial charge in [-0.25, -0.2) is 0 Å². The lowest BCUT2D eigenvalue weighted by molar-refractivity contribution is 1.01. The molecule has 0 radical (unpaired) electrons. The first-order valence-corrected chi connectivity index (χ1v) is 13.7. The van der Waals surface area contributed by atoms with Gasteiger partial charge in [-0.3, -0.25) is 0 Å². The van der Waals surface area contributed by atoms with Crippen molar-refractivity contribution >= 4 is 49.6 Å². The molecular weight excluding hydrogens is 472 g/mol. The maximum Gasteiger partial charge on any atom is 0.0494 e. The van der Waals surface area contributed by atoms with E-state index in [-0.39, 0.29) is 0 Å². The maximum absolute atomic E-state index is 2.32. The van der Waals surface area contributed by atoms with Gasteiger partial charge in [0.1, 0.15) is 0 Å². The monoisotopic (exact) mass is 504 g/mol. The van der Waals surface area contributed by atoms with Gasteiger partial charge in [0.25, 0.3) is 0 Å². The highest BCUT2D eigenvalue weighted by Crippen LogP contribution is 2.37. The summed E-state index contributed by atoms with van der Waals surface area (Å²) in [6.07, 6.45) is 0. The Morgan fingerprint density at radius 1 is 0.436 bits per heavy atom. The molecule has 6 aromatic carbocycles. The zero-order chi connectivity index (χ0) is 26.8. The van der Waals surface area contributed by atoms with Gasteiger partial charge in [0, 0.05) is 45.9 Å². The Morgan fingerprint density at radius 2 is 1.03 bits per heavy atom. The third-order valence-corrected chi connectivity index (χ3v) is 7.38. The number of hydrogen-bond donors (Lipinski definition) is 0. The van der Waals surface area contributed by atoms with Gasteiger partial charge in [-0.2, -0.15) is 0 Å². The Kier molecular flexibility index (Phi) is 6.61. The van der Waals surface area contributed by atoms with Crippen LogP contribution < -0.4 is 4.90 Å². The summed E-state index contributed by atoms with van der Waals surface area (Å²) in [5.41, 5.74) is 8.38. The summed E-state index contributed by atoms with van der Waals surface area (Å²) in [4.78, 5) is 2.32. The number of benzene rings is 6. The van der Waals surface area contributed by atoms with Crippen LogP contribution >= 0.6 is 0 Å². The highest BCUT2D eigenvalue weighted by Gasteiger charge is 2.14. The van der Waals surface area contributed by atoms with Crippen molar-refractivity contribution in [1.82, 2.24) is 4.57 Å². The fourth-order valence-corrected chi connectivity index (χ4v) is 5.48. The van der Waals surface area contributed by atoms with E-state index in [0.29, 0.717) is 0 Å². The normalized spacial score (nSPS) is 10.9. The molecule has 0 fully saturated rings. The molecule has 2 heteroatoms. The number of aromatic nitrogens is 1. The number of nitrogens with zero attached hydrogens (tertiary/aromatic N) is 2. The van der Waals surface area contributed by atoms with Gasteiger partial charge in [0.2, 0.25) is 0 Å². The fourth-order valence-electron chi connectivity index (χ4n) is 5.48. The Bertz CT molecular complexity index is 1880. The van der Waals surface area contributed by atoms with Crippen LogP contribution in [0.1, 0.15) is 13.8 Å². The number of anilines is 3. The smallest absolute Gasteiger partial charge is 0.0494 e. The SMILES string of the molecule is CC.Cn1c2ccccc2c2ccc(-c3ccc(N(c4ccccc4)c4ccc5ccccc5c4)cc3)cc21. The van der Waals surface area contributed by atoms with Gasteiger partial charge < -0.3 is 9.47 Å². The predicted octanol–water partition coefficient (Wildman–Crippen LogP) is 10.6. The Balaban J connectivity index is 0.00000135. The zero-order valence-electron chi connectivity index (χ0n) is 22.7. The Labute approximate surface area is 230 Å². The van der Waals surface area contributed by atoms with Crippen molar-refractivity contribution in [1.29, 1.82) is 0 Å². The van der Waals surface area contributed by atoms with E-state index in [0.717, 1.165) is 17.1 Å². The summed E-state index contributed by atoms with van der Waals surface area (Å²) in [6, 6.07) is 50.1. The van der Waals surface area contributed by atoms with Crippen LogP contribution in [0.3, 0.4) is 0 Å². The van der Waals surface area contributed by atoms with E-state index in [9.17, 15) is 0 Å². The molecular formula is C37H32N2. The van der Waals surface area contributed by atoms with Gasteiger partial charge in [-0.1, -0.05) is 105 Å². The van der Waals surface area contributed by atoms with E-state index in [4.69, 9.17) is 0 Å². The fraction of sp³-hybridized carbons (Fsp3) is 0.0811. The maximum atomic E-state index is 2.32. The number of rotatable bonds is 4. The largest absolute Gasteiger partial charge is 0.344 e. The van der Waals surface area contributed by atoms with Crippen LogP contribution in [0.4, 0.5) is 17.1 Å². The lowest BCUT2D eigenvalue weighted by Crippen LogP contribution is -2.09. The summed E-state index contributed by atoms with van der Waals surface area (Å²) in [6.45, 7) is 4.00. The third kappa shape index (κ3) is 4.45. The minimum atomic E-state index is 1.14. The highest BCUT2D eigenvalue weighted by molar-refractivity contribution is 6.09. The number of hydrogen-bond acceptors (Lipinski definition) is 1. The molecule has 0 unspecified atom stereocenters. The standard InChI is InChI=1S/C35H26N2.C2H6/c1-36-34-14-8-7-13-32(34)33-22-18-28(24-35(33)36)26-15-19-30(20-16-26)37(29-11-3-2-4-12-29)31-21-17-25-9-5-6-10-27(25)23-31;1-2/h2-24H,1H3;1-2H3. The zero-order valence-corrected chi connectivity index (χ0v) is 22.7. The minimum absolute atomic E-state index is 1.14. The van der Waals surface area contributed by atoms with Crippen molar-refractivity contribution in [3.8, 4) is 11.1 Å². The molecule has 7 rings (SSSR count). The first-order valence-electron chi connectivity index (χ1n) is 13.7. The van der Waals surface area contributed by atoms with Crippen molar-refractivity contribution in [3.05, 3.63) is 140 Å². The van der Waals surface area contributed by atoms with E-state index in [1.165, 1.54) is 43.7 Å². The van der Waals surface area contributed by atoms with Gasteiger partial charge in [0.05, 0.1) is 0 Å². The molecule has 0 saturated heterocycles. The molecule has 0 amide bonds. The number of fused-ring (bicyclic) bond motifs is 4. The average Bonchev–Trinajstić information content (AvgIpc) is 3.30. The van der Waals surface area contributed by atoms with Crippen molar-refractivity contribution in [3.63, 3.8) is 0 Å². The van der Waals surface area contributed by atoms with E-state index in [1.807, 2.05) is 13.8 Å². The van der Waals surface area contributed by atoms with Crippen LogP contribution in [0.25, 0.3) is 43.7 Å². The van der Waals surface area contributed by atoms with Crippen LogP contribution in [-0.4, -0.2) is 4.57 Å². The second-order valence-corrected chi connectivity index (χ2v) is 9.56. The van der Waals surface area contributed by atoms with Crippen LogP contribution in [0, 0.1) is 0 Å². The van der Waals surface area contributed by atoms with E-state index in [1.54, 1.807) is 0 Å². The molecule has 7 aromatic rings. The van der Waals surface area contributed by atoms with Crippen molar-refractivity contribution in [2.75, 3.05) is 4.90 Å². The van der Waals surface area contributed by atoms with Gasteiger partial charge >= 0.3 is 0 Å². The van der Waals surface area contributed by atoms with Crippen LogP contribution in [0.15, 0.2) is 140 Å². The molecule has 1 aromatic heterocycles. The van der Waals surface area contributed by atoms with Crippen molar-refractivity contribution in [2.24, 2.45) is 7.05 Å². The van der Waals surface area contributed by atoms with E-state index >= 15 is 0 Å². The van der Waals surface area contributed by atoms with Gasteiger partial charge in [-0.05, 0) is 70.4 Å². The highest BCUT2D eigenvalue weighted by atomic mass is 15.1. The Morgan fingerprint density at radius 3 is 1.82 bits per heavy atom. The summed E-state index contributed by atoms with van der Waals surface area (Å²) in [5, 5.41) is 5.08. The van der Waals surface area contributed by atoms with Crippen molar-refractivity contribution < 1.29 is 0 Å². The van der Waals surface area contributed by atoms with E-state index < -0.39 is 0 Å². The molecule has 1 heterocycles. The van der Waals surface area contributed by atoms with Crippen LogP contribution in [0.5, 0.6) is 0 Å². The molecule has 39 heavy (non-hydrogen) atoms. The topological polar surface area (TPSA) is 8.17 Å². The van der Waals surface area contributed by atoms with Crippen LogP contribution in [0.2, 0.25) is 0 Å². The van der Waals surface area contributed by atoms with Crippen LogP contribution in [-0.2, 0) is 7.05 Å².